The molecule has 116 valence electrons. The van der Waals surface area contributed by atoms with Crippen molar-refractivity contribution in [2.24, 2.45) is 0 Å². The van der Waals surface area contributed by atoms with Crippen molar-refractivity contribution in [2.45, 2.75) is 0 Å². The molecule has 0 radical (unpaired) electrons. The molecule has 0 N–H and O–H groups in total. The van der Waals surface area contributed by atoms with Crippen molar-refractivity contribution < 1.29 is 14.3 Å². The lowest BCUT2D eigenvalue weighted by atomic mass is 10.1. The summed E-state index contributed by atoms with van der Waals surface area (Å²) in [6.45, 7) is -0.0487. The normalized spacial score (nSPS) is 10.3. The zero-order valence-corrected chi connectivity index (χ0v) is 14.0. The van der Waals surface area contributed by atoms with Crippen LogP contribution in [0.1, 0.15) is 15.9 Å². The monoisotopic (exact) mass is 371 g/mol. The predicted molar refractivity (Wildman–Crippen MR) is 91.6 cm³/mol. The van der Waals surface area contributed by atoms with Gasteiger partial charge >= 0.3 is 0 Å². The van der Waals surface area contributed by atoms with Crippen molar-refractivity contribution in [3.8, 4) is 17.6 Å². The van der Waals surface area contributed by atoms with Gasteiger partial charge in [-0.15, -0.1) is 0 Å². The molecule has 0 saturated heterocycles. The highest BCUT2D eigenvalue weighted by Crippen LogP contribution is 2.28. The van der Waals surface area contributed by atoms with Gasteiger partial charge in [0.2, 0.25) is 0 Å². The lowest BCUT2D eigenvalue weighted by Gasteiger charge is -2.08. The second kappa shape index (κ2) is 8.16. The van der Waals surface area contributed by atoms with Crippen molar-refractivity contribution in [3.05, 3.63) is 64.1 Å². The van der Waals surface area contributed by atoms with Gasteiger partial charge in [-0.25, -0.2) is 0 Å². The molecule has 2 rings (SSSR count). The van der Waals surface area contributed by atoms with Gasteiger partial charge in [-0.2, -0.15) is 5.26 Å². The first kappa shape index (κ1) is 16.8. The van der Waals surface area contributed by atoms with E-state index >= 15 is 0 Å². The van der Waals surface area contributed by atoms with E-state index in [1.165, 1.54) is 13.2 Å². The largest absolute Gasteiger partial charge is 0.493 e. The van der Waals surface area contributed by atoms with Gasteiger partial charge in [-0.1, -0.05) is 40.2 Å². The third-order valence-corrected chi connectivity index (χ3v) is 3.51. The standard InChI is InChI=1S/C18H14BrNO3/c1-22-18-11-13(6-8-17(18)23-10-9-20)5-7-16(21)14-3-2-4-15(19)12-14/h2-8,11-12H,10H2,1H3/b7-5+. The Hall–Kier alpha value is -2.58. The first-order valence-corrected chi connectivity index (χ1v) is 7.59. The highest BCUT2D eigenvalue weighted by molar-refractivity contribution is 9.10. The van der Waals surface area contributed by atoms with Crippen LogP contribution in [0.25, 0.3) is 6.08 Å². The number of allylic oxidation sites excluding steroid dienone is 1. The van der Waals surface area contributed by atoms with E-state index in [2.05, 4.69) is 15.9 Å². The molecule has 2 aromatic carbocycles. The van der Waals surface area contributed by atoms with Gasteiger partial charge in [0.25, 0.3) is 0 Å². The zero-order chi connectivity index (χ0) is 16.7. The maximum atomic E-state index is 12.1. The first-order chi connectivity index (χ1) is 11.1. The fraction of sp³-hybridized carbons (Fsp3) is 0.111. The number of methoxy groups -OCH3 is 1. The summed E-state index contributed by atoms with van der Waals surface area (Å²) in [4.78, 5) is 12.1. The number of hydrogen-bond donors (Lipinski definition) is 0. The molecule has 2 aromatic rings. The molecule has 0 aliphatic rings. The highest BCUT2D eigenvalue weighted by atomic mass is 79.9. The van der Waals surface area contributed by atoms with Crippen LogP contribution in [-0.2, 0) is 0 Å². The molecule has 0 fully saturated rings. The molecule has 5 heteroatoms. The summed E-state index contributed by atoms with van der Waals surface area (Å²) >= 11 is 3.34. The van der Waals surface area contributed by atoms with Crippen molar-refractivity contribution in [3.63, 3.8) is 0 Å². The quantitative estimate of drug-likeness (QED) is 0.562. The molecule has 0 saturated carbocycles. The minimum absolute atomic E-state index is 0.0487. The van der Waals surface area contributed by atoms with E-state index in [1.54, 1.807) is 36.4 Å². The number of rotatable bonds is 6. The van der Waals surface area contributed by atoms with Gasteiger partial charge in [0, 0.05) is 10.0 Å². The molecular formula is C18H14BrNO3. The predicted octanol–water partition coefficient (Wildman–Crippen LogP) is 4.26. The lowest BCUT2D eigenvalue weighted by molar-refractivity contribution is 0.104. The van der Waals surface area contributed by atoms with Crippen molar-refractivity contribution in [2.75, 3.05) is 13.7 Å². The van der Waals surface area contributed by atoms with Crippen molar-refractivity contribution in [1.29, 1.82) is 5.26 Å². The average molecular weight is 372 g/mol. The van der Waals surface area contributed by atoms with Crippen molar-refractivity contribution >= 4 is 27.8 Å². The Bertz CT molecular complexity index is 778. The summed E-state index contributed by atoms with van der Waals surface area (Å²) < 4.78 is 11.3. The smallest absolute Gasteiger partial charge is 0.185 e. The maximum absolute atomic E-state index is 12.1. The number of halogens is 1. The summed E-state index contributed by atoms with van der Waals surface area (Å²) in [5, 5.41) is 8.55. The van der Waals surface area contributed by atoms with Crippen LogP contribution in [0, 0.1) is 11.3 Å². The topological polar surface area (TPSA) is 59.3 Å². The van der Waals surface area contributed by atoms with Gasteiger partial charge in [-0.05, 0) is 35.9 Å². The number of carbonyl (C=O) groups excluding carboxylic acids is 1. The van der Waals surface area contributed by atoms with Gasteiger partial charge in [0.15, 0.2) is 23.9 Å². The number of carbonyl (C=O) groups is 1. The summed E-state index contributed by atoms with van der Waals surface area (Å²) in [6.07, 6.45) is 3.21. The van der Waals surface area contributed by atoms with Gasteiger partial charge in [0.05, 0.1) is 7.11 Å². The van der Waals surface area contributed by atoms with Gasteiger partial charge < -0.3 is 9.47 Å². The fourth-order valence-corrected chi connectivity index (χ4v) is 2.33. The average Bonchev–Trinajstić information content (AvgIpc) is 2.58. The SMILES string of the molecule is COc1cc(/C=C/C(=O)c2cccc(Br)c2)ccc1OCC#N. The van der Waals surface area contributed by atoms with Gasteiger partial charge in [0.1, 0.15) is 6.07 Å². The Morgan fingerprint density at radius 2 is 2.09 bits per heavy atom. The molecule has 23 heavy (non-hydrogen) atoms. The number of hydrogen-bond acceptors (Lipinski definition) is 4. The van der Waals surface area contributed by atoms with E-state index in [1.807, 2.05) is 18.2 Å². The van der Waals surface area contributed by atoms with Crippen LogP contribution in [0.2, 0.25) is 0 Å². The molecule has 0 heterocycles. The van der Waals surface area contributed by atoms with Crippen LogP contribution >= 0.6 is 15.9 Å². The Kier molecular flexibility index (Phi) is 5.95. The van der Waals surface area contributed by atoms with E-state index in [0.717, 1.165) is 10.0 Å². The van der Waals surface area contributed by atoms with E-state index < -0.39 is 0 Å². The summed E-state index contributed by atoms with van der Waals surface area (Å²) in [5.41, 5.74) is 1.41. The van der Waals surface area contributed by atoms with E-state index in [4.69, 9.17) is 14.7 Å². The number of nitriles is 1. The Morgan fingerprint density at radius 1 is 1.26 bits per heavy atom. The van der Waals surface area contributed by atoms with Crippen LogP contribution < -0.4 is 9.47 Å². The Morgan fingerprint density at radius 3 is 2.78 bits per heavy atom. The van der Waals surface area contributed by atoms with Crippen LogP contribution in [0.4, 0.5) is 0 Å². The Balaban J connectivity index is 2.16. The molecule has 0 spiro atoms. The molecule has 0 bridgehead atoms. The number of benzene rings is 2. The summed E-state index contributed by atoms with van der Waals surface area (Å²) in [6, 6.07) is 14.4. The van der Waals surface area contributed by atoms with Crippen LogP contribution in [0.15, 0.2) is 53.0 Å². The lowest BCUT2D eigenvalue weighted by Crippen LogP contribution is -1.97. The molecule has 0 aliphatic heterocycles. The molecule has 0 unspecified atom stereocenters. The second-order valence-corrected chi connectivity index (χ2v) is 5.48. The Labute approximate surface area is 143 Å². The molecule has 0 aromatic heterocycles. The minimum Gasteiger partial charge on any atom is -0.493 e. The third-order valence-electron chi connectivity index (χ3n) is 3.02. The first-order valence-electron chi connectivity index (χ1n) is 6.80. The number of ketones is 1. The second-order valence-electron chi connectivity index (χ2n) is 4.57. The summed E-state index contributed by atoms with van der Waals surface area (Å²) in [7, 11) is 1.52. The van der Waals surface area contributed by atoms with Gasteiger partial charge in [-0.3, -0.25) is 4.79 Å². The van der Waals surface area contributed by atoms with Crippen molar-refractivity contribution in [1.82, 2.24) is 0 Å². The van der Waals surface area contributed by atoms with E-state index in [-0.39, 0.29) is 12.4 Å². The highest BCUT2D eigenvalue weighted by Gasteiger charge is 2.06. The molecular weight excluding hydrogens is 358 g/mol. The van der Waals surface area contributed by atoms with Crippen LogP contribution in [0.3, 0.4) is 0 Å². The summed E-state index contributed by atoms with van der Waals surface area (Å²) in [5.74, 6) is 0.914. The molecule has 0 amide bonds. The molecule has 0 atom stereocenters. The third kappa shape index (κ3) is 4.70. The number of ether oxygens (including phenoxy) is 2. The van der Waals surface area contributed by atoms with Crippen LogP contribution in [-0.4, -0.2) is 19.5 Å². The maximum Gasteiger partial charge on any atom is 0.185 e. The molecule has 0 aliphatic carbocycles. The minimum atomic E-state index is -0.0879. The molecule has 4 nitrogen and oxygen atoms in total. The van der Waals surface area contributed by atoms with Crippen LogP contribution in [0.5, 0.6) is 11.5 Å². The zero-order valence-electron chi connectivity index (χ0n) is 12.5. The number of nitrogens with zero attached hydrogens (tertiary/aromatic N) is 1. The van der Waals surface area contributed by atoms with E-state index in [9.17, 15) is 4.79 Å². The fourth-order valence-electron chi connectivity index (χ4n) is 1.93. The van der Waals surface area contributed by atoms with E-state index in [0.29, 0.717) is 17.1 Å².